The molecule has 2 nitrogen and oxygen atoms in total. The second-order valence-corrected chi connectivity index (χ2v) is 4.62. The Hall–Kier alpha value is 0.270. The molecule has 0 saturated carbocycles. The molecule has 84 valence electrons. The van der Waals surface area contributed by atoms with Gasteiger partial charge in [-0.3, -0.25) is 0 Å². The summed E-state index contributed by atoms with van der Waals surface area (Å²) < 4.78 is 11.2. The molecule has 0 aromatic heterocycles. The zero-order chi connectivity index (χ0) is 10.4. The van der Waals surface area contributed by atoms with Gasteiger partial charge in [0.25, 0.3) is 0 Å². The molecule has 0 aromatic rings. The molecule has 1 unspecified atom stereocenters. The van der Waals surface area contributed by atoms with Crippen molar-refractivity contribution in [3.63, 3.8) is 0 Å². The first-order chi connectivity index (χ1) is 6.72. The van der Waals surface area contributed by atoms with Crippen molar-refractivity contribution < 1.29 is 9.47 Å². The van der Waals surface area contributed by atoms with Crippen LogP contribution in [0.1, 0.15) is 33.1 Å². The van der Waals surface area contributed by atoms with Gasteiger partial charge in [-0.1, -0.05) is 6.92 Å². The summed E-state index contributed by atoms with van der Waals surface area (Å²) in [6.45, 7) is 6.86. The molecule has 0 amide bonds. The van der Waals surface area contributed by atoms with Crippen molar-refractivity contribution >= 4 is 12.6 Å². The number of thiol groups is 1. The lowest BCUT2D eigenvalue weighted by atomic mass is 9.83. The fraction of sp³-hybridized carbons (Fsp3) is 1.00. The van der Waals surface area contributed by atoms with Crippen LogP contribution in [0.5, 0.6) is 0 Å². The highest BCUT2D eigenvalue weighted by Crippen LogP contribution is 2.32. The van der Waals surface area contributed by atoms with E-state index in [-0.39, 0.29) is 5.41 Å². The minimum absolute atomic E-state index is 0.269. The highest BCUT2D eigenvalue weighted by molar-refractivity contribution is 7.80. The normalized spacial score (nSPS) is 23.4. The third-order valence-corrected chi connectivity index (χ3v) is 3.81. The molecule has 0 bridgehead atoms. The Balaban J connectivity index is 2.36. The van der Waals surface area contributed by atoms with Crippen LogP contribution in [0, 0.1) is 5.41 Å². The fourth-order valence-electron chi connectivity index (χ4n) is 1.59. The summed E-state index contributed by atoms with van der Waals surface area (Å²) in [5.41, 5.74) is 0.269. The molecule has 0 aromatic carbocycles. The molecule has 0 aliphatic carbocycles. The zero-order valence-corrected chi connectivity index (χ0v) is 10.2. The van der Waals surface area contributed by atoms with Gasteiger partial charge >= 0.3 is 0 Å². The van der Waals surface area contributed by atoms with E-state index in [4.69, 9.17) is 9.47 Å². The zero-order valence-electron chi connectivity index (χ0n) is 9.29. The van der Waals surface area contributed by atoms with Gasteiger partial charge in [0.2, 0.25) is 0 Å². The molecular formula is C11H22O2S. The van der Waals surface area contributed by atoms with E-state index in [9.17, 15) is 0 Å². The predicted octanol–water partition coefficient (Wildman–Crippen LogP) is 2.53. The van der Waals surface area contributed by atoms with E-state index in [1.165, 1.54) is 0 Å². The molecule has 3 heteroatoms. The van der Waals surface area contributed by atoms with Crippen molar-refractivity contribution in [2.75, 3.05) is 25.6 Å². The van der Waals surface area contributed by atoms with E-state index in [0.717, 1.165) is 44.8 Å². The smallest absolute Gasteiger partial charge is 0.0544 e. The Bertz CT molecular complexity index is 155. The second kappa shape index (κ2) is 5.99. The van der Waals surface area contributed by atoms with Crippen LogP contribution >= 0.6 is 12.6 Å². The maximum absolute atomic E-state index is 5.82. The Labute approximate surface area is 92.8 Å². The van der Waals surface area contributed by atoms with Crippen LogP contribution in [-0.4, -0.2) is 31.7 Å². The third kappa shape index (κ3) is 3.44. The van der Waals surface area contributed by atoms with Gasteiger partial charge in [-0.2, -0.15) is 12.6 Å². The minimum Gasteiger partial charge on any atom is -0.381 e. The van der Waals surface area contributed by atoms with Gasteiger partial charge < -0.3 is 9.47 Å². The van der Waals surface area contributed by atoms with Crippen molar-refractivity contribution in [3.05, 3.63) is 0 Å². The molecule has 14 heavy (non-hydrogen) atoms. The minimum atomic E-state index is 0.269. The van der Waals surface area contributed by atoms with E-state index in [0.29, 0.717) is 6.10 Å². The van der Waals surface area contributed by atoms with Gasteiger partial charge in [-0.15, -0.1) is 0 Å². The van der Waals surface area contributed by atoms with E-state index in [1.54, 1.807) is 0 Å². The highest BCUT2D eigenvalue weighted by atomic mass is 32.1. The number of rotatable bonds is 5. The summed E-state index contributed by atoms with van der Waals surface area (Å²) >= 11 is 4.45. The topological polar surface area (TPSA) is 18.5 Å². The Morgan fingerprint density at radius 3 is 2.57 bits per heavy atom. The second-order valence-electron chi connectivity index (χ2n) is 4.30. The molecule has 1 atom stereocenters. The molecule has 1 fully saturated rings. The quantitative estimate of drug-likeness (QED) is 0.715. The largest absolute Gasteiger partial charge is 0.381 e. The lowest BCUT2D eigenvalue weighted by Crippen LogP contribution is -2.36. The average Bonchev–Trinajstić information content (AvgIpc) is 2.27. The summed E-state index contributed by atoms with van der Waals surface area (Å²) in [6, 6.07) is 0. The number of hydrogen-bond acceptors (Lipinski definition) is 3. The summed E-state index contributed by atoms with van der Waals surface area (Å²) in [5.74, 6) is 0.910. The first kappa shape index (κ1) is 12.3. The summed E-state index contributed by atoms with van der Waals surface area (Å²) in [5, 5.41) is 0. The molecular weight excluding hydrogens is 196 g/mol. The summed E-state index contributed by atoms with van der Waals surface area (Å²) in [6.07, 6.45) is 3.63. The van der Waals surface area contributed by atoms with E-state index < -0.39 is 0 Å². The van der Waals surface area contributed by atoms with Gasteiger partial charge in [0, 0.05) is 18.6 Å². The monoisotopic (exact) mass is 218 g/mol. The third-order valence-electron chi connectivity index (χ3n) is 3.14. The van der Waals surface area contributed by atoms with Crippen LogP contribution in [-0.2, 0) is 9.47 Å². The van der Waals surface area contributed by atoms with Crippen LogP contribution in [0.2, 0.25) is 0 Å². The van der Waals surface area contributed by atoms with Crippen molar-refractivity contribution in [1.29, 1.82) is 0 Å². The van der Waals surface area contributed by atoms with Gasteiger partial charge in [-0.05, 0) is 31.9 Å². The SMILES string of the molecule is CCC(C)OCC1(CS)CCOCC1. The molecule has 1 aliphatic heterocycles. The van der Waals surface area contributed by atoms with E-state index in [1.807, 2.05) is 0 Å². The van der Waals surface area contributed by atoms with Gasteiger partial charge in [0.15, 0.2) is 0 Å². The first-order valence-corrected chi connectivity index (χ1v) is 6.16. The lowest BCUT2D eigenvalue weighted by Gasteiger charge is -2.36. The fourth-order valence-corrected chi connectivity index (χ4v) is 2.00. The van der Waals surface area contributed by atoms with Crippen LogP contribution in [0.3, 0.4) is 0 Å². The van der Waals surface area contributed by atoms with Crippen molar-refractivity contribution in [2.24, 2.45) is 5.41 Å². The first-order valence-electron chi connectivity index (χ1n) is 5.52. The molecule has 0 radical (unpaired) electrons. The number of hydrogen-bond donors (Lipinski definition) is 1. The average molecular weight is 218 g/mol. The Morgan fingerprint density at radius 1 is 1.43 bits per heavy atom. The standard InChI is InChI=1S/C11H22O2S/c1-3-10(2)13-8-11(9-14)4-6-12-7-5-11/h10,14H,3-9H2,1-2H3. The van der Waals surface area contributed by atoms with Crippen molar-refractivity contribution in [3.8, 4) is 0 Å². The summed E-state index contributed by atoms with van der Waals surface area (Å²) in [7, 11) is 0. The molecule has 0 spiro atoms. The lowest BCUT2D eigenvalue weighted by molar-refractivity contribution is -0.0483. The highest BCUT2D eigenvalue weighted by Gasteiger charge is 2.31. The molecule has 1 rings (SSSR count). The maximum Gasteiger partial charge on any atom is 0.0544 e. The predicted molar refractivity (Wildman–Crippen MR) is 62.0 cm³/mol. The number of ether oxygens (including phenoxy) is 2. The van der Waals surface area contributed by atoms with Gasteiger partial charge in [0.1, 0.15) is 0 Å². The summed E-state index contributed by atoms with van der Waals surface area (Å²) in [4.78, 5) is 0. The van der Waals surface area contributed by atoms with Crippen LogP contribution in [0.25, 0.3) is 0 Å². The van der Waals surface area contributed by atoms with Gasteiger partial charge in [-0.25, -0.2) is 0 Å². The van der Waals surface area contributed by atoms with Crippen LogP contribution in [0.15, 0.2) is 0 Å². The van der Waals surface area contributed by atoms with E-state index >= 15 is 0 Å². The van der Waals surface area contributed by atoms with Crippen molar-refractivity contribution in [2.45, 2.75) is 39.2 Å². The molecule has 1 saturated heterocycles. The Kier molecular flexibility index (Phi) is 5.28. The van der Waals surface area contributed by atoms with Crippen LogP contribution < -0.4 is 0 Å². The van der Waals surface area contributed by atoms with Crippen molar-refractivity contribution in [1.82, 2.24) is 0 Å². The molecule has 1 heterocycles. The molecule has 1 aliphatic rings. The van der Waals surface area contributed by atoms with E-state index in [2.05, 4.69) is 26.5 Å². The van der Waals surface area contributed by atoms with Gasteiger partial charge in [0.05, 0.1) is 12.7 Å². The Morgan fingerprint density at radius 2 is 2.07 bits per heavy atom. The van der Waals surface area contributed by atoms with Crippen LogP contribution in [0.4, 0.5) is 0 Å². The maximum atomic E-state index is 5.82. The molecule has 0 N–H and O–H groups in total.